The van der Waals surface area contributed by atoms with Gasteiger partial charge in [-0.1, -0.05) is 30.3 Å². The quantitative estimate of drug-likeness (QED) is 0.683. The summed E-state index contributed by atoms with van der Waals surface area (Å²) in [5.41, 5.74) is 1.33. The van der Waals surface area contributed by atoms with Crippen molar-refractivity contribution < 1.29 is 0 Å². The maximum atomic E-state index is 5.89. The fraction of sp³-hybridized carbons (Fsp3) is 0.286. The lowest BCUT2D eigenvalue weighted by Gasteiger charge is -2.20. The summed E-state index contributed by atoms with van der Waals surface area (Å²) in [6, 6.07) is 12.6. The van der Waals surface area contributed by atoms with Gasteiger partial charge in [-0.3, -0.25) is 4.90 Å². The fourth-order valence-electron chi connectivity index (χ4n) is 1.82. The Bertz CT molecular complexity index is 472. The molecule has 2 rings (SSSR count). The van der Waals surface area contributed by atoms with Crippen molar-refractivity contribution >= 4 is 38.9 Å². The number of hydrogen-bond donors (Lipinski definition) is 0. The molecule has 0 N–H and O–H groups in total. The molecule has 1 aromatic heterocycles. The molecule has 0 aliphatic rings. The zero-order valence-corrected chi connectivity index (χ0v) is 13.1. The van der Waals surface area contributed by atoms with Crippen LogP contribution >= 0.6 is 38.9 Å². The molecule has 0 atom stereocenters. The highest BCUT2D eigenvalue weighted by Gasteiger charge is 2.09. The topological polar surface area (TPSA) is 3.24 Å². The van der Waals surface area contributed by atoms with Gasteiger partial charge in [0.2, 0.25) is 0 Å². The molecule has 0 bridgehead atoms. The largest absolute Gasteiger partial charge is 0.293 e. The average molecular weight is 345 g/mol. The molecule has 0 amide bonds. The lowest BCUT2D eigenvalue weighted by Crippen LogP contribution is -2.24. The van der Waals surface area contributed by atoms with Crippen LogP contribution in [0.15, 0.2) is 46.3 Å². The number of rotatable bonds is 6. The number of benzene rings is 1. The van der Waals surface area contributed by atoms with E-state index in [1.807, 2.05) is 6.07 Å². The summed E-state index contributed by atoms with van der Waals surface area (Å²) in [6.07, 6.45) is 0. The van der Waals surface area contributed by atoms with E-state index >= 15 is 0 Å². The third-order valence-corrected chi connectivity index (χ3v) is 4.79. The van der Waals surface area contributed by atoms with E-state index in [-0.39, 0.29) is 0 Å². The summed E-state index contributed by atoms with van der Waals surface area (Å²) in [4.78, 5) is 3.73. The molecule has 2 aromatic rings. The van der Waals surface area contributed by atoms with Crippen LogP contribution in [0.5, 0.6) is 0 Å². The first kappa shape index (κ1) is 14.1. The molecule has 4 heteroatoms. The van der Waals surface area contributed by atoms with Crippen LogP contribution in [0.1, 0.15) is 10.4 Å². The van der Waals surface area contributed by atoms with E-state index in [1.165, 1.54) is 14.9 Å². The number of halogens is 2. The zero-order valence-electron chi connectivity index (χ0n) is 9.98. The van der Waals surface area contributed by atoms with Gasteiger partial charge in [0.1, 0.15) is 0 Å². The lowest BCUT2D eigenvalue weighted by molar-refractivity contribution is 0.275. The second-order valence-corrected chi connectivity index (χ2v) is 6.31. The van der Waals surface area contributed by atoms with Crippen LogP contribution in [0.25, 0.3) is 0 Å². The van der Waals surface area contributed by atoms with Crippen LogP contribution in [0.3, 0.4) is 0 Å². The highest BCUT2D eigenvalue weighted by atomic mass is 79.9. The molecule has 1 nitrogen and oxygen atoms in total. The SMILES string of the molecule is ClCCN(Cc1ccccc1)Cc1sccc1Br. The Morgan fingerprint density at radius 1 is 1.11 bits per heavy atom. The molecule has 1 aromatic carbocycles. The van der Waals surface area contributed by atoms with Crippen LogP contribution < -0.4 is 0 Å². The minimum absolute atomic E-state index is 0.663. The number of nitrogens with zero attached hydrogens (tertiary/aromatic N) is 1. The van der Waals surface area contributed by atoms with Crippen LogP contribution in [-0.4, -0.2) is 17.3 Å². The van der Waals surface area contributed by atoms with Crippen molar-refractivity contribution in [2.24, 2.45) is 0 Å². The molecular weight excluding hydrogens is 330 g/mol. The van der Waals surface area contributed by atoms with Gasteiger partial charge in [0.25, 0.3) is 0 Å². The minimum atomic E-state index is 0.663. The predicted octanol–water partition coefficient (Wildman–Crippen LogP) is 4.75. The summed E-state index contributed by atoms with van der Waals surface area (Å²) in [7, 11) is 0. The second-order valence-electron chi connectivity index (χ2n) is 4.08. The van der Waals surface area contributed by atoms with E-state index in [4.69, 9.17) is 11.6 Å². The van der Waals surface area contributed by atoms with Gasteiger partial charge in [-0.15, -0.1) is 22.9 Å². The Morgan fingerprint density at radius 3 is 2.50 bits per heavy atom. The van der Waals surface area contributed by atoms with Crippen molar-refractivity contribution in [1.82, 2.24) is 4.90 Å². The average Bonchev–Trinajstić information content (AvgIpc) is 2.77. The lowest BCUT2D eigenvalue weighted by atomic mass is 10.2. The summed E-state index contributed by atoms with van der Waals surface area (Å²) < 4.78 is 1.19. The molecule has 0 saturated heterocycles. The maximum Gasteiger partial charge on any atom is 0.0351 e. The summed E-state index contributed by atoms with van der Waals surface area (Å²) >= 11 is 11.3. The van der Waals surface area contributed by atoms with Gasteiger partial charge < -0.3 is 0 Å². The molecule has 96 valence electrons. The van der Waals surface area contributed by atoms with Gasteiger partial charge in [0.15, 0.2) is 0 Å². The third kappa shape index (κ3) is 4.09. The smallest absolute Gasteiger partial charge is 0.0351 e. The number of thiophene rings is 1. The molecule has 18 heavy (non-hydrogen) atoms. The summed E-state index contributed by atoms with van der Waals surface area (Å²) in [6.45, 7) is 2.79. The van der Waals surface area contributed by atoms with Gasteiger partial charge in [-0.05, 0) is 32.9 Å². The number of hydrogen-bond acceptors (Lipinski definition) is 2. The van der Waals surface area contributed by atoms with E-state index < -0.39 is 0 Å². The molecule has 0 radical (unpaired) electrons. The Kier molecular flexibility index (Phi) is 5.70. The monoisotopic (exact) mass is 343 g/mol. The Labute approximate surface area is 126 Å². The van der Waals surface area contributed by atoms with Crippen molar-refractivity contribution in [1.29, 1.82) is 0 Å². The first-order valence-electron chi connectivity index (χ1n) is 5.83. The highest BCUT2D eigenvalue weighted by Crippen LogP contribution is 2.24. The van der Waals surface area contributed by atoms with E-state index in [2.05, 4.69) is 56.5 Å². The molecule has 1 heterocycles. The molecule has 0 unspecified atom stereocenters. The van der Waals surface area contributed by atoms with Crippen LogP contribution in [0.2, 0.25) is 0 Å². The Hall–Kier alpha value is -0.350. The number of alkyl halides is 1. The Balaban J connectivity index is 2.02. The normalized spacial score (nSPS) is 11.1. The zero-order chi connectivity index (χ0) is 12.8. The predicted molar refractivity (Wildman–Crippen MR) is 83.3 cm³/mol. The summed E-state index contributed by atoms with van der Waals surface area (Å²) in [5.74, 6) is 0.663. The van der Waals surface area contributed by atoms with Gasteiger partial charge >= 0.3 is 0 Å². The van der Waals surface area contributed by atoms with Crippen LogP contribution in [-0.2, 0) is 13.1 Å². The fourth-order valence-corrected chi connectivity index (χ4v) is 3.57. The second kappa shape index (κ2) is 7.29. The van der Waals surface area contributed by atoms with E-state index in [1.54, 1.807) is 11.3 Å². The first-order chi connectivity index (χ1) is 8.79. The van der Waals surface area contributed by atoms with Gasteiger partial charge in [-0.2, -0.15) is 0 Å². The van der Waals surface area contributed by atoms with Crippen molar-refractivity contribution in [2.45, 2.75) is 13.1 Å². The van der Waals surface area contributed by atoms with E-state index in [0.717, 1.165) is 19.6 Å². The van der Waals surface area contributed by atoms with E-state index in [9.17, 15) is 0 Å². The maximum absolute atomic E-state index is 5.89. The van der Waals surface area contributed by atoms with Crippen molar-refractivity contribution in [3.8, 4) is 0 Å². The van der Waals surface area contributed by atoms with Crippen molar-refractivity contribution in [3.05, 3.63) is 56.7 Å². The van der Waals surface area contributed by atoms with Crippen LogP contribution in [0.4, 0.5) is 0 Å². The highest BCUT2D eigenvalue weighted by molar-refractivity contribution is 9.10. The van der Waals surface area contributed by atoms with Gasteiger partial charge in [0, 0.05) is 34.9 Å². The van der Waals surface area contributed by atoms with Crippen LogP contribution in [0, 0.1) is 0 Å². The third-order valence-electron chi connectivity index (χ3n) is 2.71. The summed E-state index contributed by atoms with van der Waals surface area (Å²) in [5, 5.41) is 2.11. The molecule has 0 saturated carbocycles. The molecule has 0 fully saturated rings. The van der Waals surface area contributed by atoms with E-state index in [0.29, 0.717) is 5.88 Å². The first-order valence-corrected chi connectivity index (χ1v) is 8.04. The minimum Gasteiger partial charge on any atom is -0.293 e. The molecule has 0 aliphatic heterocycles. The van der Waals surface area contributed by atoms with Crippen molar-refractivity contribution in [3.63, 3.8) is 0 Å². The van der Waals surface area contributed by atoms with Crippen molar-refractivity contribution in [2.75, 3.05) is 12.4 Å². The molecular formula is C14H15BrClNS. The molecule has 0 aliphatic carbocycles. The standard InChI is InChI=1S/C14H15BrClNS/c15-13-6-9-18-14(13)11-17(8-7-16)10-12-4-2-1-3-5-12/h1-6,9H,7-8,10-11H2. The van der Waals surface area contributed by atoms with Gasteiger partial charge in [-0.25, -0.2) is 0 Å². The molecule has 0 spiro atoms. The Morgan fingerprint density at radius 2 is 1.89 bits per heavy atom. The van der Waals surface area contributed by atoms with Gasteiger partial charge in [0.05, 0.1) is 0 Å².